The van der Waals surface area contributed by atoms with E-state index in [1.807, 2.05) is 0 Å². The summed E-state index contributed by atoms with van der Waals surface area (Å²) in [7, 11) is -5.95. The third kappa shape index (κ3) is 6.42. The van der Waals surface area contributed by atoms with Crippen LogP contribution in [0.15, 0.2) is 0 Å². The molecule has 0 aliphatic rings. The molecule has 0 amide bonds. The summed E-state index contributed by atoms with van der Waals surface area (Å²) < 4.78 is 28.5. The Morgan fingerprint density at radius 2 is 2.10 bits per heavy atom. The second kappa shape index (κ2) is 6.04. The predicted molar refractivity (Wildman–Crippen MR) is 36.3 cm³/mol. The van der Waals surface area contributed by atoms with Crippen LogP contribution in [0.3, 0.4) is 0 Å². The summed E-state index contributed by atoms with van der Waals surface area (Å²) in [5.41, 5.74) is 4.97. The molecule has 3 N–H and O–H groups in total. The number of hydrogen-bond donors (Lipinski definition) is 2. The largest absolute Gasteiger partial charge is 0.328 e. The van der Waals surface area contributed by atoms with Crippen molar-refractivity contribution in [3.05, 3.63) is 0 Å². The zero-order chi connectivity index (χ0) is 7.98. The maximum Gasteiger partial charge on any atom is 0.326 e. The molecule has 0 saturated heterocycles. The van der Waals surface area contributed by atoms with Gasteiger partial charge in [0.15, 0.2) is 0 Å². The smallest absolute Gasteiger partial charge is 0.326 e. The minimum Gasteiger partial charge on any atom is -0.328 e. The predicted octanol–water partition coefficient (Wildman–Crippen LogP) is -0.250. The quantitative estimate of drug-likeness (QED) is 0.578. The third-order valence-electron chi connectivity index (χ3n) is 0.508. The molecule has 0 bridgehead atoms. The summed E-state index contributed by atoms with van der Waals surface area (Å²) in [5, 5.41) is 0. The molecule has 0 rings (SSSR count). The highest BCUT2D eigenvalue weighted by Gasteiger charge is 2.00. The molecule has 0 aromatic carbocycles. The van der Waals surface area contributed by atoms with Crippen molar-refractivity contribution in [3.8, 4) is 0 Å². The second-order valence-electron chi connectivity index (χ2n) is 1.26. The number of hydrogen-bond acceptors (Lipinski definition) is 5. The van der Waals surface area contributed by atoms with Gasteiger partial charge in [0, 0.05) is 6.54 Å². The van der Waals surface area contributed by atoms with Crippen LogP contribution >= 0.6 is 16.5 Å². The van der Waals surface area contributed by atoms with Crippen LogP contribution < -0.4 is 5.73 Å². The summed E-state index contributed by atoms with van der Waals surface area (Å²) in [6.45, 7) is 0.263. The van der Waals surface area contributed by atoms with Crippen LogP contribution in [-0.4, -0.2) is 18.0 Å². The lowest BCUT2D eigenvalue weighted by atomic mass is 10.8. The van der Waals surface area contributed by atoms with Crippen molar-refractivity contribution in [2.75, 3.05) is 13.2 Å². The van der Waals surface area contributed by atoms with E-state index in [4.69, 9.17) is 10.6 Å². The Morgan fingerprint density at radius 1 is 1.50 bits per heavy atom. The molecule has 6 nitrogen and oxygen atoms in total. The van der Waals surface area contributed by atoms with Gasteiger partial charge < -0.3 is 15.2 Å². The topological polar surface area (TPSA) is 98.9 Å². The minimum absolute atomic E-state index is 0.0624. The van der Waals surface area contributed by atoms with E-state index in [-0.39, 0.29) is 13.2 Å². The molecule has 0 aromatic rings. The Hall–Kier alpha value is 0.300. The van der Waals surface area contributed by atoms with Crippen molar-refractivity contribution in [3.63, 3.8) is 0 Å². The van der Waals surface area contributed by atoms with E-state index >= 15 is 0 Å². The lowest BCUT2D eigenvalue weighted by Crippen LogP contribution is -2.04. The maximum absolute atomic E-state index is 10.4. The number of nitrogens with two attached hydrogens (primary N) is 1. The lowest BCUT2D eigenvalue weighted by molar-refractivity contribution is 0.287. The summed E-state index contributed by atoms with van der Waals surface area (Å²) in [6, 6.07) is 0. The van der Waals surface area contributed by atoms with Gasteiger partial charge in [0.1, 0.15) is 0 Å². The first-order valence-electron chi connectivity index (χ1n) is 2.44. The van der Waals surface area contributed by atoms with E-state index in [0.717, 1.165) is 0 Å². The van der Waals surface area contributed by atoms with E-state index in [0.29, 0.717) is 0 Å². The fourth-order valence-electron chi connectivity index (χ4n) is 0.243. The van der Waals surface area contributed by atoms with E-state index in [1.54, 1.807) is 0 Å². The van der Waals surface area contributed by atoms with Crippen molar-refractivity contribution in [2.45, 2.75) is 0 Å². The molecule has 0 fully saturated rings. The highest BCUT2D eigenvalue weighted by molar-refractivity contribution is 7.47. The molecule has 62 valence electrons. The molecule has 0 aromatic heterocycles. The van der Waals surface area contributed by atoms with Gasteiger partial charge in [-0.2, -0.15) is 0 Å². The zero-order valence-electron chi connectivity index (χ0n) is 5.07. The van der Waals surface area contributed by atoms with Gasteiger partial charge >= 0.3 is 16.5 Å². The van der Waals surface area contributed by atoms with Gasteiger partial charge in [0.25, 0.3) is 0 Å². The van der Waals surface area contributed by atoms with Crippen molar-refractivity contribution in [1.29, 1.82) is 0 Å². The van der Waals surface area contributed by atoms with E-state index in [1.165, 1.54) is 0 Å². The molecule has 0 aliphatic carbocycles. The van der Waals surface area contributed by atoms with Gasteiger partial charge in [-0.3, -0.25) is 9.13 Å². The fourth-order valence-corrected chi connectivity index (χ4v) is 1.33. The Bertz CT molecular complexity index is 138. The molecule has 0 saturated carbocycles. The highest BCUT2D eigenvalue weighted by atomic mass is 31.2. The van der Waals surface area contributed by atoms with Crippen LogP contribution in [0.2, 0.25) is 0 Å². The summed E-state index contributed by atoms with van der Waals surface area (Å²) in [6.07, 6.45) is 0. The van der Waals surface area contributed by atoms with E-state index in [9.17, 15) is 9.13 Å². The first-order valence-corrected chi connectivity index (χ1v) is 4.93. The molecule has 2 atom stereocenters. The monoisotopic (exact) mass is 189 g/mol. The van der Waals surface area contributed by atoms with Crippen LogP contribution in [-0.2, 0) is 18.0 Å². The maximum atomic E-state index is 10.4. The fraction of sp³-hybridized carbons (Fsp3) is 1.00. The Balaban J connectivity index is 3.35. The van der Waals surface area contributed by atoms with Crippen molar-refractivity contribution in [2.24, 2.45) is 5.73 Å². The molecule has 8 heteroatoms. The first-order chi connectivity index (χ1) is 4.66. The Kier molecular flexibility index (Phi) is 6.22. The molecule has 0 heterocycles. The molecule has 2 unspecified atom stereocenters. The average molecular weight is 189 g/mol. The first kappa shape index (κ1) is 10.3. The van der Waals surface area contributed by atoms with Crippen LogP contribution in [0.5, 0.6) is 0 Å². The Labute approximate surface area is 59.2 Å². The van der Waals surface area contributed by atoms with Gasteiger partial charge in [-0.15, -0.1) is 0 Å². The highest BCUT2D eigenvalue weighted by Crippen LogP contribution is 2.35. The molecular weight excluding hydrogens is 180 g/mol. The molecule has 0 radical (unpaired) electrons. The van der Waals surface area contributed by atoms with Crippen molar-refractivity contribution in [1.82, 2.24) is 0 Å². The average Bonchev–Trinajstić information content (AvgIpc) is 1.82. The van der Waals surface area contributed by atoms with Gasteiger partial charge in [0.2, 0.25) is 0 Å². The summed E-state index contributed by atoms with van der Waals surface area (Å²) in [4.78, 5) is 8.06. The minimum atomic E-state index is -3.15. The normalized spacial score (nSPS) is 16.6. The van der Waals surface area contributed by atoms with Crippen LogP contribution in [0, 0.1) is 0 Å². The van der Waals surface area contributed by atoms with E-state index in [2.05, 4.69) is 8.83 Å². The summed E-state index contributed by atoms with van der Waals surface area (Å²) >= 11 is 0. The van der Waals surface area contributed by atoms with Gasteiger partial charge in [-0.25, -0.2) is 4.31 Å². The van der Waals surface area contributed by atoms with E-state index < -0.39 is 16.5 Å². The third-order valence-corrected chi connectivity index (χ3v) is 2.31. The van der Waals surface area contributed by atoms with Gasteiger partial charge in [-0.05, 0) is 0 Å². The molecule has 0 spiro atoms. The van der Waals surface area contributed by atoms with Crippen LogP contribution in [0.4, 0.5) is 0 Å². The molecular formula is C2H9NO5P2. The summed E-state index contributed by atoms with van der Waals surface area (Å²) in [5.74, 6) is 0. The van der Waals surface area contributed by atoms with Gasteiger partial charge in [-0.1, -0.05) is 0 Å². The van der Waals surface area contributed by atoms with Crippen molar-refractivity contribution < 1.29 is 22.9 Å². The van der Waals surface area contributed by atoms with Crippen molar-refractivity contribution >= 4 is 16.5 Å². The molecule has 0 aliphatic heterocycles. The molecule has 10 heavy (non-hydrogen) atoms. The Morgan fingerprint density at radius 3 is 2.50 bits per heavy atom. The lowest BCUT2D eigenvalue weighted by Gasteiger charge is -1.99. The van der Waals surface area contributed by atoms with Crippen LogP contribution in [0.25, 0.3) is 0 Å². The SMILES string of the molecule is NCCO[PH](=O)O[PH](=O)O. The zero-order valence-corrected chi connectivity index (χ0v) is 7.07. The second-order valence-corrected chi connectivity index (χ2v) is 3.39. The standard InChI is InChI=1S/C2H9NO5P2/c3-1-2-7-10(6)8-9(4)5/h9-10H,1-3H2,(H,4,5). The number of rotatable bonds is 5. The van der Waals surface area contributed by atoms with Gasteiger partial charge in [0.05, 0.1) is 6.61 Å². The van der Waals surface area contributed by atoms with Crippen LogP contribution in [0.1, 0.15) is 0 Å².